The fourth-order valence-corrected chi connectivity index (χ4v) is 2.05. The molecule has 1 aromatic carbocycles. The first-order chi connectivity index (χ1) is 10.9. The van der Waals surface area contributed by atoms with Gasteiger partial charge in [-0.2, -0.15) is 13.2 Å². The zero-order valence-electron chi connectivity index (χ0n) is 12.5. The van der Waals surface area contributed by atoms with Gasteiger partial charge in [0, 0.05) is 12.2 Å². The Balaban J connectivity index is 2.25. The lowest BCUT2D eigenvalue weighted by molar-refractivity contribution is -0.138. The highest BCUT2D eigenvalue weighted by molar-refractivity contribution is 5.92. The number of aryl methyl sites for hydroxylation is 1. The number of carbonyl (C=O) groups is 1. The summed E-state index contributed by atoms with van der Waals surface area (Å²) in [6.07, 6.45) is -3.07. The lowest BCUT2D eigenvalue weighted by Crippen LogP contribution is -2.15. The monoisotopic (exact) mass is 328 g/mol. The van der Waals surface area contributed by atoms with Crippen LogP contribution in [-0.2, 0) is 24.0 Å². The normalized spacial score (nSPS) is 11.3. The lowest BCUT2D eigenvalue weighted by atomic mass is 10.1. The molecule has 2 rings (SSSR count). The molecular formula is C14H15F3N4O2. The Morgan fingerprint density at radius 1 is 1.39 bits per heavy atom. The van der Waals surface area contributed by atoms with E-state index in [2.05, 4.69) is 20.4 Å². The predicted octanol–water partition coefficient (Wildman–Crippen LogP) is 2.72. The van der Waals surface area contributed by atoms with Crippen molar-refractivity contribution in [1.29, 1.82) is 0 Å². The van der Waals surface area contributed by atoms with Crippen LogP contribution in [-0.4, -0.2) is 28.1 Å². The van der Waals surface area contributed by atoms with Crippen molar-refractivity contribution in [1.82, 2.24) is 15.0 Å². The first-order valence-electron chi connectivity index (χ1n) is 6.77. The second kappa shape index (κ2) is 6.67. The van der Waals surface area contributed by atoms with Gasteiger partial charge in [0.15, 0.2) is 0 Å². The van der Waals surface area contributed by atoms with E-state index in [0.29, 0.717) is 18.8 Å². The summed E-state index contributed by atoms with van der Waals surface area (Å²) >= 11 is 0. The van der Waals surface area contributed by atoms with Crippen LogP contribution in [0.1, 0.15) is 28.5 Å². The van der Waals surface area contributed by atoms with E-state index in [-0.39, 0.29) is 0 Å². The molecule has 1 aromatic heterocycles. The molecule has 0 fully saturated rings. The quantitative estimate of drug-likeness (QED) is 0.855. The highest BCUT2D eigenvalue weighted by Crippen LogP contribution is 2.33. The van der Waals surface area contributed by atoms with Crippen molar-refractivity contribution >= 4 is 11.7 Å². The van der Waals surface area contributed by atoms with Gasteiger partial charge in [-0.1, -0.05) is 5.21 Å². The Bertz CT molecular complexity index is 698. The first-order valence-corrected chi connectivity index (χ1v) is 6.77. The third kappa shape index (κ3) is 3.79. The number of halogens is 3. The molecule has 6 nitrogen and oxygen atoms in total. The van der Waals surface area contributed by atoms with Gasteiger partial charge in [-0.3, -0.25) is 0 Å². The number of hydrogen-bond acceptors (Lipinski definition) is 5. The number of hydrogen-bond donors (Lipinski definition) is 1. The Morgan fingerprint density at radius 3 is 2.74 bits per heavy atom. The second-order valence-corrected chi connectivity index (χ2v) is 4.64. The molecule has 124 valence electrons. The number of methoxy groups -OCH3 is 1. The molecule has 0 bridgehead atoms. The van der Waals surface area contributed by atoms with Crippen LogP contribution in [0.4, 0.5) is 18.9 Å². The minimum atomic E-state index is -4.63. The van der Waals surface area contributed by atoms with Crippen molar-refractivity contribution in [3.63, 3.8) is 0 Å². The van der Waals surface area contributed by atoms with Crippen molar-refractivity contribution in [2.75, 3.05) is 12.4 Å². The molecule has 0 aliphatic rings. The zero-order valence-corrected chi connectivity index (χ0v) is 12.5. The molecule has 2 aromatic rings. The van der Waals surface area contributed by atoms with Crippen molar-refractivity contribution in [3.05, 3.63) is 41.2 Å². The van der Waals surface area contributed by atoms with E-state index >= 15 is 0 Å². The fraction of sp³-hybridized carbons (Fsp3) is 0.357. The zero-order chi connectivity index (χ0) is 17.0. The van der Waals surface area contributed by atoms with E-state index in [1.54, 1.807) is 10.9 Å². The maximum Gasteiger partial charge on any atom is 0.417 e. The summed E-state index contributed by atoms with van der Waals surface area (Å²) < 4.78 is 44.9. The van der Waals surface area contributed by atoms with Gasteiger partial charge in [0.25, 0.3) is 0 Å². The summed E-state index contributed by atoms with van der Waals surface area (Å²) in [6, 6.07) is 3.23. The molecule has 1 heterocycles. The molecule has 0 radical (unpaired) electrons. The molecule has 0 atom stereocenters. The van der Waals surface area contributed by atoms with E-state index in [1.807, 2.05) is 6.92 Å². The molecule has 0 aliphatic carbocycles. The largest absolute Gasteiger partial charge is 0.465 e. The number of carbonyl (C=O) groups excluding carboxylic acids is 1. The minimum absolute atomic E-state index is 0.312. The number of rotatable bonds is 5. The van der Waals surface area contributed by atoms with Crippen molar-refractivity contribution in [3.8, 4) is 0 Å². The van der Waals surface area contributed by atoms with Gasteiger partial charge in [-0.05, 0) is 25.1 Å². The Kier molecular flexibility index (Phi) is 4.87. The number of benzene rings is 1. The number of esters is 1. The van der Waals surface area contributed by atoms with Crippen LogP contribution in [0.5, 0.6) is 0 Å². The summed E-state index contributed by atoms with van der Waals surface area (Å²) in [4.78, 5) is 11.6. The Morgan fingerprint density at radius 2 is 2.13 bits per heavy atom. The SMILES string of the molecule is CCn1nncc1CNc1ccc(C(F)(F)F)c(C(=O)OC)c1. The standard InChI is InChI=1S/C14H15F3N4O2/c1-3-21-10(8-19-20-21)7-18-9-4-5-12(14(15,16)17)11(6-9)13(22)23-2/h4-6,8,18H,3,7H2,1-2H3. The van der Waals surface area contributed by atoms with E-state index in [4.69, 9.17) is 0 Å². The topological polar surface area (TPSA) is 69.0 Å². The van der Waals surface area contributed by atoms with Crippen LogP contribution in [0, 0.1) is 0 Å². The predicted molar refractivity (Wildman–Crippen MR) is 75.8 cm³/mol. The van der Waals surface area contributed by atoms with E-state index in [1.165, 1.54) is 6.07 Å². The van der Waals surface area contributed by atoms with Crippen LogP contribution in [0.3, 0.4) is 0 Å². The average Bonchev–Trinajstić information content (AvgIpc) is 2.98. The fourth-order valence-electron chi connectivity index (χ4n) is 2.05. The highest BCUT2D eigenvalue weighted by atomic mass is 19.4. The second-order valence-electron chi connectivity index (χ2n) is 4.64. The number of ether oxygens (including phenoxy) is 1. The number of aromatic nitrogens is 3. The van der Waals surface area contributed by atoms with Crippen LogP contribution in [0.15, 0.2) is 24.4 Å². The maximum absolute atomic E-state index is 12.9. The molecule has 0 saturated carbocycles. The van der Waals surface area contributed by atoms with Gasteiger partial charge in [-0.25, -0.2) is 9.48 Å². The van der Waals surface area contributed by atoms with E-state index in [9.17, 15) is 18.0 Å². The summed E-state index contributed by atoms with van der Waals surface area (Å²) in [7, 11) is 1.04. The lowest BCUT2D eigenvalue weighted by Gasteiger charge is -2.14. The number of nitrogens with one attached hydrogen (secondary N) is 1. The molecule has 23 heavy (non-hydrogen) atoms. The smallest absolute Gasteiger partial charge is 0.417 e. The molecule has 0 aliphatic heterocycles. The van der Waals surface area contributed by atoms with Gasteiger partial charge >= 0.3 is 12.1 Å². The van der Waals surface area contributed by atoms with Crippen LogP contribution in [0.2, 0.25) is 0 Å². The molecule has 1 N–H and O–H groups in total. The number of anilines is 1. The van der Waals surface area contributed by atoms with E-state index in [0.717, 1.165) is 24.9 Å². The number of alkyl halides is 3. The van der Waals surface area contributed by atoms with Gasteiger partial charge in [0.2, 0.25) is 0 Å². The first kappa shape index (κ1) is 16.8. The van der Waals surface area contributed by atoms with Crippen LogP contribution < -0.4 is 5.32 Å². The maximum atomic E-state index is 12.9. The highest BCUT2D eigenvalue weighted by Gasteiger charge is 2.35. The third-order valence-corrected chi connectivity index (χ3v) is 3.20. The van der Waals surface area contributed by atoms with Crippen molar-refractivity contribution in [2.45, 2.75) is 26.2 Å². The van der Waals surface area contributed by atoms with Gasteiger partial charge in [0.1, 0.15) is 0 Å². The Hall–Kier alpha value is -2.58. The van der Waals surface area contributed by atoms with Crippen molar-refractivity contribution in [2.24, 2.45) is 0 Å². The van der Waals surface area contributed by atoms with E-state index < -0.39 is 23.3 Å². The summed E-state index contributed by atoms with van der Waals surface area (Å²) in [5, 5.41) is 10.6. The average molecular weight is 328 g/mol. The van der Waals surface area contributed by atoms with Gasteiger partial charge in [-0.15, -0.1) is 5.10 Å². The molecule has 0 spiro atoms. The molecular weight excluding hydrogens is 313 g/mol. The summed E-state index contributed by atoms with van der Waals surface area (Å²) in [6.45, 7) is 2.83. The van der Waals surface area contributed by atoms with Crippen LogP contribution >= 0.6 is 0 Å². The minimum Gasteiger partial charge on any atom is -0.465 e. The molecule has 9 heteroatoms. The molecule has 0 amide bonds. The summed E-state index contributed by atoms with van der Waals surface area (Å²) in [5.41, 5.74) is -0.434. The van der Waals surface area contributed by atoms with Crippen molar-refractivity contribution < 1.29 is 22.7 Å². The van der Waals surface area contributed by atoms with Gasteiger partial charge < -0.3 is 10.1 Å². The summed E-state index contributed by atoms with van der Waals surface area (Å²) in [5.74, 6) is -1.04. The van der Waals surface area contributed by atoms with Gasteiger partial charge in [0.05, 0.1) is 36.7 Å². The third-order valence-electron chi connectivity index (χ3n) is 3.20. The number of nitrogens with zero attached hydrogens (tertiary/aromatic N) is 3. The molecule has 0 saturated heterocycles. The van der Waals surface area contributed by atoms with Crippen LogP contribution in [0.25, 0.3) is 0 Å². The Labute approximate surface area is 130 Å². The molecule has 0 unspecified atom stereocenters.